The standard InChI is InChI=1S/C10H11BrFNO/c11-6-3-4-7(13)9(10(6)12)8-2-1-5-14-8/h3-4,8H,1-2,5,13H2/t8-/m0/s1. The highest BCUT2D eigenvalue weighted by molar-refractivity contribution is 9.10. The van der Waals surface area contributed by atoms with Crippen LogP contribution in [0.3, 0.4) is 0 Å². The molecule has 1 aliphatic heterocycles. The molecule has 0 radical (unpaired) electrons. The fourth-order valence-electron chi connectivity index (χ4n) is 1.71. The maximum Gasteiger partial charge on any atom is 0.145 e. The summed E-state index contributed by atoms with van der Waals surface area (Å²) in [4.78, 5) is 0. The van der Waals surface area contributed by atoms with Crippen LogP contribution in [0.25, 0.3) is 0 Å². The van der Waals surface area contributed by atoms with Gasteiger partial charge < -0.3 is 10.5 Å². The Kier molecular flexibility index (Phi) is 2.74. The van der Waals surface area contributed by atoms with Crippen molar-refractivity contribution in [3.63, 3.8) is 0 Å². The number of rotatable bonds is 1. The third kappa shape index (κ3) is 1.64. The van der Waals surface area contributed by atoms with Gasteiger partial charge in [0.2, 0.25) is 0 Å². The summed E-state index contributed by atoms with van der Waals surface area (Å²) in [6.45, 7) is 0.691. The van der Waals surface area contributed by atoms with Crippen LogP contribution < -0.4 is 5.73 Å². The van der Waals surface area contributed by atoms with Crippen molar-refractivity contribution in [1.29, 1.82) is 0 Å². The zero-order valence-corrected chi connectivity index (χ0v) is 9.18. The van der Waals surface area contributed by atoms with Crippen molar-refractivity contribution in [1.82, 2.24) is 0 Å². The monoisotopic (exact) mass is 259 g/mol. The van der Waals surface area contributed by atoms with E-state index in [0.717, 1.165) is 12.8 Å². The average Bonchev–Trinajstić information content (AvgIpc) is 2.65. The van der Waals surface area contributed by atoms with Crippen LogP contribution in [0.2, 0.25) is 0 Å². The number of halogens is 2. The number of anilines is 1. The Morgan fingerprint density at radius 3 is 2.93 bits per heavy atom. The number of benzene rings is 1. The minimum absolute atomic E-state index is 0.174. The van der Waals surface area contributed by atoms with Gasteiger partial charge in [0.1, 0.15) is 5.82 Å². The Balaban J connectivity index is 2.44. The number of hydrogen-bond acceptors (Lipinski definition) is 2. The number of nitrogens with two attached hydrogens (primary N) is 1. The van der Waals surface area contributed by atoms with Gasteiger partial charge in [-0.25, -0.2) is 4.39 Å². The summed E-state index contributed by atoms with van der Waals surface area (Å²) in [5.41, 5.74) is 6.70. The molecule has 2 rings (SSSR count). The molecule has 1 atom stereocenters. The second kappa shape index (κ2) is 3.87. The van der Waals surface area contributed by atoms with Gasteiger partial charge >= 0.3 is 0 Å². The minimum Gasteiger partial charge on any atom is -0.398 e. The van der Waals surface area contributed by atoms with Crippen LogP contribution in [0.1, 0.15) is 24.5 Å². The first kappa shape index (κ1) is 9.93. The molecule has 0 aromatic heterocycles. The molecular weight excluding hydrogens is 249 g/mol. The molecule has 76 valence electrons. The lowest BCUT2D eigenvalue weighted by Crippen LogP contribution is -2.05. The molecule has 1 aromatic rings. The molecule has 2 nitrogen and oxygen atoms in total. The van der Waals surface area contributed by atoms with E-state index in [1.807, 2.05) is 0 Å². The van der Waals surface area contributed by atoms with Crippen LogP contribution in [-0.2, 0) is 4.74 Å². The highest BCUT2D eigenvalue weighted by Gasteiger charge is 2.24. The molecular formula is C10H11BrFNO. The molecule has 1 aliphatic rings. The SMILES string of the molecule is Nc1ccc(Br)c(F)c1[C@@H]1CCCO1. The molecule has 1 heterocycles. The van der Waals surface area contributed by atoms with Gasteiger partial charge in [-0.05, 0) is 40.9 Å². The van der Waals surface area contributed by atoms with E-state index in [1.54, 1.807) is 12.1 Å². The van der Waals surface area contributed by atoms with Crippen molar-refractivity contribution in [3.05, 3.63) is 28.0 Å². The Morgan fingerprint density at radius 1 is 1.50 bits per heavy atom. The molecule has 2 N–H and O–H groups in total. The van der Waals surface area contributed by atoms with Crippen LogP contribution >= 0.6 is 15.9 Å². The molecule has 0 unspecified atom stereocenters. The molecule has 0 spiro atoms. The second-order valence-electron chi connectivity index (χ2n) is 3.37. The maximum atomic E-state index is 13.7. The quantitative estimate of drug-likeness (QED) is 0.788. The topological polar surface area (TPSA) is 35.2 Å². The van der Waals surface area contributed by atoms with Crippen molar-refractivity contribution in [3.8, 4) is 0 Å². The van der Waals surface area contributed by atoms with Gasteiger partial charge in [-0.1, -0.05) is 0 Å². The van der Waals surface area contributed by atoms with Crippen molar-refractivity contribution in [2.24, 2.45) is 0 Å². The summed E-state index contributed by atoms with van der Waals surface area (Å²) in [6.07, 6.45) is 1.64. The van der Waals surface area contributed by atoms with E-state index >= 15 is 0 Å². The first-order chi connectivity index (χ1) is 6.70. The predicted molar refractivity (Wildman–Crippen MR) is 56.4 cm³/mol. The van der Waals surface area contributed by atoms with Crippen LogP contribution in [-0.4, -0.2) is 6.61 Å². The molecule has 0 saturated carbocycles. The van der Waals surface area contributed by atoms with Gasteiger partial charge in [0, 0.05) is 17.9 Å². The van der Waals surface area contributed by atoms with Gasteiger partial charge in [-0.3, -0.25) is 0 Å². The molecule has 1 saturated heterocycles. The molecule has 0 amide bonds. The summed E-state index contributed by atoms with van der Waals surface area (Å²) >= 11 is 3.14. The summed E-state index contributed by atoms with van der Waals surface area (Å²) in [5.74, 6) is -0.295. The Labute approximate surface area is 90.4 Å². The van der Waals surface area contributed by atoms with E-state index in [9.17, 15) is 4.39 Å². The second-order valence-corrected chi connectivity index (χ2v) is 4.22. The zero-order valence-electron chi connectivity index (χ0n) is 7.59. The first-order valence-corrected chi connectivity index (χ1v) is 5.34. The molecule has 1 fully saturated rings. The van der Waals surface area contributed by atoms with Crippen molar-refractivity contribution < 1.29 is 9.13 Å². The van der Waals surface area contributed by atoms with Crippen LogP contribution in [0.4, 0.5) is 10.1 Å². The summed E-state index contributed by atoms with van der Waals surface area (Å²) in [5, 5.41) is 0. The lowest BCUT2D eigenvalue weighted by molar-refractivity contribution is 0.109. The Hall–Kier alpha value is -0.610. The molecule has 14 heavy (non-hydrogen) atoms. The normalized spacial score (nSPS) is 21.4. The lowest BCUT2D eigenvalue weighted by atomic mass is 10.0. The Morgan fingerprint density at radius 2 is 2.29 bits per heavy atom. The fourth-order valence-corrected chi connectivity index (χ4v) is 2.06. The van der Waals surface area contributed by atoms with E-state index < -0.39 is 0 Å². The maximum absolute atomic E-state index is 13.7. The number of ether oxygens (including phenoxy) is 1. The van der Waals surface area contributed by atoms with Gasteiger partial charge in [-0.15, -0.1) is 0 Å². The van der Waals surface area contributed by atoms with E-state index in [-0.39, 0.29) is 11.9 Å². The summed E-state index contributed by atoms with van der Waals surface area (Å²) in [6, 6.07) is 3.31. The fraction of sp³-hybridized carbons (Fsp3) is 0.400. The summed E-state index contributed by atoms with van der Waals surface area (Å²) < 4.78 is 19.6. The Bertz CT molecular complexity index is 350. The van der Waals surface area contributed by atoms with Crippen molar-refractivity contribution in [2.45, 2.75) is 18.9 Å². The molecule has 4 heteroatoms. The first-order valence-electron chi connectivity index (χ1n) is 4.55. The van der Waals surface area contributed by atoms with Crippen molar-refractivity contribution >= 4 is 21.6 Å². The molecule has 0 bridgehead atoms. The smallest absolute Gasteiger partial charge is 0.145 e. The lowest BCUT2D eigenvalue weighted by Gasteiger charge is -2.14. The minimum atomic E-state index is -0.295. The van der Waals surface area contributed by atoms with E-state index in [4.69, 9.17) is 10.5 Å². The average molecular weight is 260 g/mol. The van der Waals surface area contributed by atoms with E-state index in [2.05, 4.69) is 15.9 Å². The van der Waals surface area contributed by atoms with Crippen LogP contribution in [0, 0.1) is 5.82 Å². The number of nitrogen functional groups attached to an aromatic ring is 1. The largest absolute Gasteiger partial charge is 0.398 e. The van der Waals surface area contributed by atoms with Gasteiger partial charge in [0.15, 0.2) is 0 Å². The van der Waals surface area contributed by atoms with Gasteiger partial charge in [0.25, 0.3) is 0 Å². The third-order valence-corrected chi connectivity index (χ3v) is 3.03. The van der Waals surface area contributed by atoms with Crippen LogP contribution in [0.5, 0.6) is 0 Å². The van der Waals surface area contributed by atoms with E-state index in [1.165, 1.54) is 0 Å². The predicted octanol–water partition coefficient (Wildman–Crippen LogP) is 3.02. The zero-order chi connectivity index (χ0) is 10.1. The third-order valence-electron chi connectivity index (χ3n) is 2.42. The number of hydrogen-bond donors (Lipinski definition) is 1. The van der Waals surface area contributed by atoms with E-state index in [0.29, 0.717) is 22.3 Å². The highest BCUT2D eigenvalue weighted by Crippen LogP contribution is 2.36. The molecule has 0 aliphatic carbocycles. The van der Waals surface area contributed by atoms with Crippen LogP contribution in [0.15, 0.2) is 16.6 Å². The summed E-state index contributed by atoms with van der Waals surface area (Å²) in [7, 11) is 0. The van der Waals surface area contributed by atoms with Gasteiger partial charge in [-0.2, -0.15) is 0 Å². The van der Waals surface area contributed by atoms with Gasteiger partial charge in [0.05, 0.1) is 10.6 Å². The van der Waals surface area contributed by atoms with Crippen molar-refractivity contribution in [2.75, 3.05) is 12.3 Å². The molecule has 1 aromatic carbocycles. The highest BCUT2D eigenvalue weighted by atomic mass is 79.9.